The monoisotopic (exact) mass is 381 g/mol. The first-order valence-electron chi connectivity index (χ1n) is 9.55. The third-order valence-electron chi connectivity index (χ3n) is 4.80. The van der Waals surface area contributed by atoms with Crippen molar-refractivity contribution in [3.05, 3.63) is 28.8 Å². The van der Waals surface area contributed by atoms with Crippen LogP contribution in [0.3, 0.4) is 0 Å². The highest BCUT2D eigenvalue weighted by Crippen LogP contribution is 2.49. The van der Waals surface area contributed by atoms with Crippen LogP contribution in [0.25, 0.3) is 0 Å². The first-order chi connectivity index (χ1) is 12.6. The summed E-state index contributed by atoms with van der Waals surface area (Å²) in [7, 11) is 1.65. The van der Waals surface area contributed by atoms with Gasteiger partial charge in [-0.25, -0.2) is 0 Å². The number of nitrogens with zero attached hydrogens (tertiary/aromatic N) is 1. The van der Waals surface area contributed by atoms with E-state index in [0.717, 1.165) is 68.0 Å². The molecule has 1 fully saturated rings. The molecule has 1 saturated carbocycles. The fourth-order valence-electron chi connectivity index (χ4n) is 2.86. The van der Waals surface area contributed by atoms with E-state index in [1.165, 1.54) is 12.8 Å². The quantitative estimate of drug-likeness (QED) is 0.349. The molecule has 6 heteroatoms. The van der Waals surface area contributed by atoms with Gasteiger partial charge in [0, 0.05) is 37.9 Å². The van der Waals surface area contributed by atoms with E-state index in [4.69, 9.17) is 26.1 Å². The van der Waals surface area contributed by atoms with Gasteiger partial charge in [-0.3, -0.25) is 4.99 Å². The van der Waals surface area contributed by atoms with Crippen molar-refractivity contribution in [3.63, 3.8) is 0 Å². The highest BCUT2D eigenvalue weighted by molar-refractivity contribution is 6.31. The maximum Gasteiger partial charge on any atom is 0.191 e. The van der Waals surface area contributed by atoms with Crippen LogP contribution in [-0.4, -0.2) is 45.9 Å². The summed E-state index contributed by atoms with van der Waals surface area (Å²) in [6, 6.07) is 5.81. The topological polar surface area (TPSA) is 54.9 Å². The number of hydrogen-bond donors (Lipinski definition) is 2. The number of methoxy groups -OCH3 is 1. The Kier molecular flexibility index (Phi) is 8.52. The Balaban J connectivity index is 1.82. The number of benzene rings is 1. The summed E-state index contributed by atoms with van der Waals surface area (Å²) in [6.45, 7) is 8.24. The molecular formula is C20H32ClN3O2. The van der Waals surface area contributed by atoms with Gasteiger partial charge < -0.3 is 20.1 Å². The molecule has 1 aromatic rings. The number of hydrogen-bond acceptors (Lipinski definition) is 3. The average Bonchev–Trinajstić information content (AvgIpc) is 3.41. The van der Waals surface area contributed by atoms with E-state index < -0.39 is 0 Å². The van der Waals surface area contributed by atoms with Crippen molar-refractivity contribution >= 4 is 17.6 Å². The zero-order chi connectivity index (χ0) is 18.8. The smallest absolute Gasteiger partial charge is 0.191 e. The second kappa shape index (κ2) is 10.6. The van der Waals surface area contributed by atoms with Gasteiger partial charge in [0.2, 0.25) is 0 Å². The molecule has 0 heterocycles. The molecule has 1 aliphatic rings. The number of halogens is 1. The van der Waals surface area contributed by atoms with Crippen molar-refractivity contribution in [3.8, 4) is 5.75 Å². The van der Waals surface area contributed by atoms with E-state index in [-0.39, 0.29) is 0 Å². The maximum absolute atomic E-state index is 6.31. The predicted octanol–water partition coefficient (Wildman–Crippen LogP) is 3.65. The summed E-state index contributed by atoms with van der Waals surface area (Å²) in [6.07, 6.45) is 4.45. The third kappa shape index (κ3) is 6.69. The molecule has 2 rings (SSSR count). The van der Waals surface area contributed by atoms with E-state index in [1.807, 2.05) is 25.1 Å². The van der Waals surface area contributed by atoms with Crippen molar-refractivity contribution in [2.75, 3.05) is 40.0 Å². The van der Waals surface area contributed by atoms with Gasteiger partial charge in [0.1, 0.15) is 5.75 Å². The minimum absolute atomic E-state index is 0.358. The van der Waals surface area contributed by atoms with Crippen LogP contribution in [0.5, 0.6) is 5.75 Å². The largest absolute Gasteiger partial charge is 0.497 e. The Morgan fingerprint density at radius 2 is 2.08 bits per heavy atom. The minimum Gasteiger partial charge on any atom is -0.497 e. The van der Waals surface area contributed by atoms with Crippen LogP contribution in [0, 0.1) is 5.41 Å². The molecule has 0 spiro atoms. The summed E-state index contributed by atoms with van der Waals surface area (Å²) >= 11 is 6.31. The molecule has 0 bridgehead atoms. The van der Waals surface area contributed by atoms with Crippen molar-refractivity contribution in [1.29, 1.82) is 0 Å². The molecule has 2 N–H and O–H groups in total. The second-order valence-electron chi connectivity index (χ2n) is 6.78. The molecule has 0 saturated heterocycles. The molecule has 26 heavy (non-hydrogen) atoms. The van der Waals surface area contributed by atoms with Crippen LogP contribution < -0.4 is 15.4 Å². The van der Waals surface area contributed by atoms with E-state index in [1.54, 1.807) is 7.11 Å². The average molecular weight is 382 g/mol. The van der Waals surface area contributed by atoms with Crippen molar-refractivity contribution in [2.24, 2.45) is 10.4 Å². The predicted molar refractivity (Wildman–Crippen MR) is 108 cm³/mol. The molecule has 0 amide bonds. The summed E-state index contributed by atoms with van der Waals surface area (Å²) in [5.41, 5.74) is 1.46. The summed E-state index contributed by atoms with van der Waals surface area (Å²) in [5, 5.41) is 7.47. The zero-order valence-electron chi connectivity index (χ0n) is 16.2. The summed E-state index contributed by atoms with van der Waals surface area (Å²) < 4.78 is 10.7. The zero-order valence-corrected chi connectivity index (χ0v) is 17.0. The van der Waals surface area contributed by atoms with Crippen molar-refractivity contribution in [1.82, 2.24) is 10.6 Å². The lowest BCUT2D eigenvalue weighted by Gasteiger charge is -2.15. The molecule has 0 unspecified atom stereocenters. The van der Waals surface area contributed by atoms with Gasteiger partial charge in [0.05, 0.1) is 7.11 Å². The highest BCUT2D eigenvalue weighted by Gasteiger charge is 2.41. The molecule has 0 aliphatic heterocycles. The maximum atomic E-state index is 6.31. The molecule has 0 radical (unpaired) electrons. The van der Waals surface area contributed by atoms with E-state index in [9.17, 15) is 0 Å². The Morgan fingerprint density at radius 3 is 2.69 bits per heavy atom. The molecule has 5 nitrogen and oxygen atoms in total. The van der Waals surface area contributed by atoms with Gasteiger partial charge in [-0.15, -0.1) is 0 Å². The number of guanidine groups is 1. The Labute approximate surface area is 162 Å². The highest BCUT2D eigenvalue weighted by atomic mass is 35.5. The number of ether oxygens (including phenoxy) is 2. The minimum atomic E-state index is 0.358. The summed E-state index contributed by atoms with van der Waals surface area (Å²) in [4.78, 5) is 4.79. The lowest BCUT2D eigenvalue weighted by atomic mass is 10.0. The van der Waals surface area contributed by atoms with Crippen LogP contribution in [-0.2, 0) is 11.2 Å². The fraction of sp³-hybridized carbons (Fsp3) is 0.650. The van der Waals surface area contributed by atoms with E-state index in [2.05, 4.69) is 17.6 Å². The first kappa shape index (κ1) is 20.8. The molecule has 146 valence electrons. The lowest BCUT2D eigenvalue weighted by molar-refractivity contribution is 0.129. The van der Waals surface area contributed by atoms with Gasteiger partial charge in [-0.1, -0.05) is 17.7 Å². The molecule has 0 atom stereocenters. The Bertz CT molecular complexity index is 588. The second-order valence-corrected chi connectivity index (χ2v) is 7.18. The summed E-state index contributed by atoms with van der Waals surface area (Å²) in [5.74, 6) is 1.66. The van der Waals surface area contributed by atoms with Crippen molar-refractivity contribution in [2.45, 2.75) is 39.5 Å². The third-order valence-corrected chi connectivity index (χ3v) is 5.15. The fourth-order valence-corrected chi connectivity index (χ4v) is 3.12. The SMILES string of the molecule is CCNC(=NCC1(CCOCC)CC1)NCCc1ccc(OC)cc1Cl. The molecule has 1 aliphatic carbocycles. The van der Waals surface area contributed by atoms with Crippen LogP contribution in [0.1, 0.15) is 38.7 Å². The molecule has 0 aromatic heterocycles. The van der Waals surface area contributed by atoms with E-state index in [0.29, 0.717) is 5.41 Å². The van der Waals surface area contributed by atoms with Crippen LogP contribution in [0.15, 0.2) is 23.2 Å². The number of aliphatic imine (C=N–C) groups is 1. The number of nitrogens with one attached hydrogen (secondary N) is 2. The van der Waals surface area contributed by atoms with Gasteiger partial charge in [-0.05, 0) is 62.6 Å². The van der Waals surface area contributed by atoms with Gasteiger partial charge in [-0.2, -0.15) is 0 Å². The van der Waals surface area contributed by atoms with Crippen LogP contribution in [0.2, 0.25) is 5.02 Å². The van der Waals surface area contributed by atoms with E-state index >= 15 is 0 Å². The van der Waals surface area contributed by atoms with Gasteiger partial charge in [0.25, 0.3) is 0 Å². The van der Waals surface area contributed by atoms with Crippen molar-refractivity contribution < 1.29 is 9.47 Å². The van der Waals surface area contributed by atoms with Gasteiger partial charge in [0.15, 0.2) is 5.96 Å². The van der Waals surface area contributed by atoms with Crippen LogP contribution in [0.4, 0.5) is 0 Å². The molecular weight excluding hydrogens is 350 g/mol. The lowest BCUT2D eigenvalue weighted by Crippen LogP contribution is -2.38. The molecule has 1 aromatic carbocycles. The first-order valence-corrected chi connectivity index (χ1v) is 9.92. The normalized spacial score (nSPS) is 15.6. The number of rotatable bonds is 11. The standard InChI is InChI=1S/C20H32ClN3O2/c1-4-22-19(24-15-20(9-10-20)11-13-26-5-2)23-12-8-16-6-7-17(25-3)14-18(16)21/h6-7,14H,4-5,8-13,15H2,1-3H3,(H2,22,23,24). The Hall–Kier alpha value is -1.46. The van der Waals surface area contributed by atoms with Crippen LogP contribution >= 0.6 is 11.6 Å². The Morgan fingerprint density at radius 1 is 1.27 bits per heavy atom. The van der Waals surface area contributed by atoms with Gasteiger partial charge >= 0.3 is 0 Å².